The van der Waals surface area contributed by atoms with E-state index < -0.39 is 5.63 Å². The Balaban J connectivity index is 1.77. The molecule has 0 radical (unpaired) electrons. The molecule has 0 saturated heterocycles. The van der Waals surface area contributed by atoms with Crippen LogP contribution in [0.3, 0.4) is 0 Å². The molecule has 1 unspecified atom stereocenters. The zero-order valence-electron chi connectivity index (χ0n) is 15.7. The number of hydrogen-bond donors (Lipinski definition) is 2. The van der Waals surface area contributed by atoms with Gasteiger partial charge in [0.25, 0.3) is 0 Å². The van der Waals surface area contributed by atoms with Gasteiger partial charge in [-0.1, -0.05) is 60.7 Å². The van der Waals surface area contributed by atoms with Crippen LogP contribution in [0, 0.1) is 0 Å². The van der Waals surface area contributed by atoms with E-state index >= 15 is 0 Å². The summed E-state index contributed by atoms with van der Waals surface area (Å²) in [4.78, 5) is 13.4. The molecule has 0 spiro atoms. The lowest BCUT2D eigenvalue weighted by atomic mass is 9.99. The Kier molecular flexibility index (Phi) is 4.96. The Bertz CT molecular complexity index is 1150. The van der Waals surface area contributed by atoms with E-state index in [2.05, 4.69) is 19.2 Å². The van der Waals surface area contributed by atoms with E-state index in [1.807, 2.05) is 54.6 Å². The van der Waals surface area contributed by atoms with Crippen molar-refractivity contribution >= 4 is 11.0 Å². The molecule has 0 amide bonds. The van der Waals surface area contributed by atoms with Crippen LogP contribution in [-0.2, 0) is 13.1 Å². The van der Waals surface area contributed by atoms with Gasteiger partial charge in [-0.15, -0.1) is 0 Å². The van der Waals surface area contributed by atoms with Gasteiger partial charge in [-0.25, -0.2) is 4.79 Å². The third-order valence-electron chi connectivity index (χ3n) is 4.90. The lowest BCUT2D eigenvalue weighted by Crippen LogP contribution is -3.06. The van der Waals surface area contributed by atoms with E-state index in [0.29, 0.717) is 17.7 Å². The number of benzene rings is 3. The number of fused-ring (bicyclic) bond motifs is 1. The predicted molar refractivity (Wildman–Crippen MR) is 110 cm³/mol. The monoisotopic (exact) mass is 372 g/mol. The second-order valence-electron chi connectivity index (χ2n) is 7.08. The van der Waals surface area contributed by atoms with Crippen LogP contribution in [0.25, 0.3) is 22.1 Å². The second kappa shape index (κ2) is 7.71. The molecule has 2 N–H and O–H groups in total. The molecule has 0 saturated carbocycles. The summed E-state index contributed by atoms with van der Waals surface area (Å²) in [6, 6.07) is 25.0. The van der Waals surface area contributed by atoms with E-state index in [0.717, 1.165) is 23.1 Å². The summed E-state index contributed by atoms with van der Waals surface area (Å²) in [5, 5.41) is 11.3. The Hall–Kier alpha value is -3.37. The lowest BCUT2D eigenvalue weighted by molar-refractivity contribution is -0.907. The van der Waals surface area contributed by atoms with Crippen molar-refractivity contribution in [1.29, 1.82) is 0 Å². The maximum atomic E-state index is 12.3. The van der Waals surface area contributed by atoms with Gasteiger partial charge in [0, 0.05) is 17.0 Å². The summed E-state index contributed by atoms with van der Waals surface area (Å²) in [6.45, 7) is 1.35. The molecule has 4 nitrogen and oxygen atoms in total. The van der Waals surface area contributed by atoms with Crippen molar-refractivity contribution in [1.82, 2.24) is 0 Å². The average Bonchev–Trinajstić information content (AvgIpc) is 2.71. The number of phenolic OH excluding ortho intramolecular Hbond substituents is 1. The van der Waals surface area contributed by atoms with Gasteiger partial charge < -0.3 is 14.4 Å². The van der Waals surface area contributed by atoms with Crippen LogP contribution in [0.5, 0.6) is 5.75 Å². The van der Waals surface area contributed by atoms with Gasteiger partial charge in [-0.2, -0.15) is 0 Å². The summed E-state index contributed by atoms with van der Waals surface area (Å²) in [6.07, 6.45) is 0. The molecule has 1 heterocycles. The highest BCUT2D eigenvalue weighted by Crippen LogP contribution is 2.32. The summed E-state index contributed by atoms with van der Waals surface area (Å²) in [5.41, 5.74) is 3.67. The zero-order valence-corrected chi connectivity index (χ0v) is 15.7. The number of rotatable bonds is 5. The molecule has 28 heavy (non-hydrogen) atoms. The maximum absolute atomic E-state index is 12.3. The zero-order chi connectivity index (χ0) is 19.5. The molecule has 0 fully saturated rings. The van der Waals surface area contributed by atoms with Crippen LogP contribution >= 0.6 is 0 Å². The molecule has 1 aromatic heterocycles. The van der Waals surface area contributed by atoms with E-state index in [-0.39, 0.29) is 5.75 Å². The minimum atomic E-state index is -0.418. The van der Waals surface area contributed by atoms with E-state index in [1.54, 1.807) is 6.07 Å². The molecule has 0 aliphatic heterocycles. The molecule has 0 bridgehead atoms. The van der Waals surface area contributed by atoms with Gasteiger partial charge in [-0.05, 0) is 23.3 Å². The van der Waals surface area contributed by atoms with Gasteiger partial charge in [0.15, 0.2) is 5.58 Å². The quantitative estimate of drug-likeness (QED) is 0.528. The van der Waals surface area contributed by atoms with Gasteiger partial charge in [-0.3, -0.25) is 0 Å². The first-order valence-corrected chi connectivity index (χ1v) is 9.31. The molecule has 0 aliphatic carbocycles. The highest BCUT2D eigenvalue weighted by atomic mass is 16.4. The van der Waals surface area contributed by atoms with Gasteiger partial charge in [0.2, 0.25) is 0 Å². The summed E-state index contributed by atoms with van der Waals surface area (Å²) in [7, 11) is 2.06. The standard InChI is InChI=1S/C24H21NO3/c1-25(15-17-8-4-2-5-9-17)16-21-22(26)13-12-19-20(14-23(27)28-24(19)21)18-10-6-3-7-11-18/h2-14,26H,15-16H2,1H3/p+1. The fourth-order valence-corrected chi connectivity index (χ4v) is 3.61. The van der Waals surface area contributed by atoms with Crippen molar-refractivity contribution in [3.8, 4) is 16.9 Å². The van der Waals surface area contributed by atoms with Gasteiger partial charge >= 0.3 is 5.63 Å². The summed E-state index contributed by atoms with van der Waals surface area (Å²) in [5.74, 6) is 0.147. The molecule has 3 aromatic carbocycles. The first kappa shape index (κ1) is 18.0. The predicted octanol–water partition coefficient (Wildman–Crippen LogP) is 3.38. The SMILES string of the molecule is C[NH+](Cc1ccccc1)Cc1c(O)ccc2c(-c3ccccc3)cc(=O)oc12. The molecule has 4 aromatic rings. The first-order valence-electron chi connectivity index (χ1n) is 9.31. The first-order chi connectivity index (χ1) is 13.6. The van der Waals surface area contributed by atoms with Crippen LogP contribution in [0.15, 0.2) is 88.1 Å². The number of aromatic hydroxyl groups is 1. The molecular weight excluding hydrogens is 350 g/mol. The maximum Gasteiger partial charge on any atom is 0.336 e. The Morgan fingerprint density at radius 2 is 1.57 bits per heavy atom. The topological polar surface area (TPSA) is 54.9 Å². The van der Waals surface area contributed by atoms with E-state index in [9.17, 15) is 9.90 Å². The van der Waals surface area contributed by atoms with Crippen LogP contribution in [0.4, 0.5) is 0 Å². The third kappa shape index (κ3) is 3.68. The number of quaternary nitrogens is 1. The van der Waals surface area contributed by atoms with Crippen LogP contribution in [0.1, 0.15) is 11.1 Å². The largest absolute Gasteiger partial charge is 0.507 e. The third-order valence-corrected chi connectivity index (χ3v) is 4.90. The number of phenols is 1. The molecule has 4 heteroatoms. The van der Waals surface area contributed by atoms with Crippen LogP contribution < -0.4 is 10.5 Å². The number of hydrogen-bond acceptors (Lipinski definition) is 3. The van der Waals surface area contributed by atoms with E-state index in [4.69, 9.17) is 4.42 Å². The van der Waals surface area contributed by atoms with Crippen LogP contribution in [-0.4, -0.2) is 12.2 Å². The molecular formula is C24H22NO3+. The van der Waals surface area contributed by atoms with Crippen molar-refractivity contribution < 1.29 is 14.4 Å². The van der Waals surface area contributed by atoms with Gasteiger partial charge in [0.1, 0.15) is 18.8 Å². The Morgan fingerprint density at radius 1 is 0.893 bits per heavy atom. The fourth-order valence-electron chi connectivity index (χ4n) is 3.61. The Labute approximate surface area is 163 Å². The van der Waals surface area contributed by atoms with Gasteiger partial charge in [0.05, 0.1) is 12.6 Å². The van der Waals surface area contributed by atoms with E-state index in [1.165, 1.54) is 16.5 Å². The normalized spacial score (nSPS) is 12.2. The lowest BCUT2D eigenvalue weighted by Gasteiger charge is -2.16. The minimum absolute atomic E-state index is 0.147. The van der Waals surface area contributed by atoms with Crippen LogP contribution in [0.2, 0.25) is 0 Å². The van der Waals surface area contributed by atoms with Crippen molar-refractivity contribution in [2.75, 3.05) is 7.05 Å². The molecule has 1 atom stereocenters. The highest BCUT2D eigenvalue weighted by Gasteiger charge is 2.18. The minimum Gasteiger partial charge on any atom is -0.507 e. The molecule has 4 rings (SSSR count). The van der Waals surface area contributed by atoms with Crippen molar-refractivity contribution in [3.63, 3.8) is 0 Å². The average molecular weight is 372 g/mol. The summed E-state index contributed by atoms with van der Waals surface area (Å²) >= 11 is 0. The summed E-state index contributed by atoms with van der Waals surface area (Å²) < 4.78 is 5.56. The highest BCUT2D eigenvalue weighted by molar-refractivity contribution is 5.95. The number of nitrogens with one attached hydrogen (secondary N) is 1. The Morgan fingerprint density at radius 3 is 2.29 bits per heavy atom. The second-order valence-corrected chi connectivity index (χ2v) is 7.08. The van der Waals surface area contributed by atoms with Crippen molar-refractivity contribution in [2.24, 2.45) is 0 Å². The van der Waals surface area contributed by atoms with Crippen molar-refractivity contribution in [2.45, 2.75) is 13.1 Å². The smallest absolute Gasteiger partial charge is 0.336 e. The fraction of sp³-hybridized carbons (Fsp3) is 0.125. The van der Waals surface area contributed by atoms with Crippen molar-refractivity contribution in [3.05, 3.63) is 100 Å². The molecule has 140 valence electrons. The molecule has 0 aliphatic rings.